The van der Waals surface area contributed by atoms with Gasteiger partial charge in [0, 0.05) is 24.0 Å². The molecule has 224 valence electrons. The molecule has 8 nitrogen and oxygen atoms in total. The molecule has 1 aromatic heterocycles. The first-order valence-corrected chi connectivity index (χ1v) is 16.9. The van der Waals surface area contributed by atoms with Gasteiger partial charge in [-0.3, -0.25) is 4.79 Å². The Morgan fingerprint density at radius 2 is 1.83 bits per heavy atom. The second-order valence-corrected chi connectivity index (χ2v) is 15.2. The van der Waals surface area contributed by atoms with Crippen LogP contribution in [-0.2, 0) is 33.8 Å². The zero-order chi connectivity index (χ0) is 28.9. The highest BCUT2D eigenvalue weighted by atomic mass is 32.2. The maximum atomic E-state index is 15.6. The maximum absolute atomic E-state index is 15.6. The highest BCUT2D eigenvalue weighted by molar-refractivity contribution is 7.91. The fourth-order valence-corrected chi connectivity index (χ4v) is 10.0. The van der Waals surface area contributed by atoms with Crippen molar-refractivity contribution >= 4 is 21.4 Å². The minimum Gasteiger partial charge on any atom is -0.382 e. The minimum absolute atomic E-state index is 0.0600. The normalized spacial score (nSPS) is 25.1. The number of carbonyl (C=O) groups excluding carboxylic acids is 1. The van der Waals surface area contributed by atoms with E-state index in [1.54, 1.807) is 6.07 Å². The Morgan fingerprint density at radius 1 is 1.10 bits per heavy atom. The molecular formula is C31H43FN4O4S. The number of nitrogens with one attached hydrogen (secondary N) is 1. The molecule has 3 heterocycles. The Morgan fingerprint density at radius 3 is 2.54 bits per heavy atom. The third-order valence-corrected chi connectivity index (χ3v) is 11.6. The zero-order valence-corrected chi connectivity index (χ0v) is 25.1. The fourth-order valence-electron chi connectivity index (χ4n) is 7.62. The number of hydrogen-bond donors (Lipinski definition) is 2. The molecule has 1 aromatic carbocycles. The van der Waals surface area contributed by atoms with Crippen molar-refractivity contribution in [3.8, 4) is 5.69 Å². The number of hydrogen-bond acceptors (Lipinski definition) is 6. The van der Waals surface area contributed by atoms with E-state index >= 15 is 4.39 Å². The second-order valence-electron chi connectivity index (χ2n) is 13.2. The Kier molecular flexibility index (Phi) is 7.70. The van der Waals surface area contributed by atoms with E-state index in [1.807, 2.05) is 18.4 Å². The molecule has 2 fully saturated rings. The second kappa shape index (κ2) is 11.0. The van der Waals surface area contributed by atoms with Crippen LogP contribution in [0, 0.1) is 11.2 Å². The van der Waals surface area contributed by atoms with Crippen LogP contribution in [0.1, 0.15) is 86.1 Å². The molecule has 0 radical (unpaired) electrons. The SMILES string of the molecule is CC1(C)Cc2c(c3c(n2-c2cc(F)c(C(N)=O)c(N[C@H]4CC[C@H](OCCN5CCCC5)CC4)c2)CCC3)S(=O)(=O)C1. The van der Waals surface area contributed by atoms with Crippen molar-refractivity contribution in [3.63, 3.8) is 0 Å². The topological polar surface area (TPSA) is 107 Å². The van der Waals surface area contributed by atoms with Gasteiger partial charge in [0.25, 0.3) is 5.91 Å². The standard InChI is InChI=1S/C31H43FN4O4S/c1-31(2)18-27-29(41(38,39)19-31)23-6-5-7-26(23)36(27)21-16-24(32)28(30(33)37)25(17-21)34-20-8-10-22(11-9-20)40-15-14-35-12-3-4-13-35/h16-17,20,22,34H,3-15,18-19H2,1-2H3,(H2,33,37)/t20-,22-. The van der Waals surface area contributed by atoms with Crippen LogP contribution in [0.2, 0.25) is 0 Å². The van der Waals surface area contributed by atoms with Crippen molar-refractivity contribution in [2.75, 3.05) is 37.3 Å². The quantitative estimate of drug-likeness (QED) is 0.475. The molecule has 2 aliphatic carbocycles. The van der Waals surface area contributed by atoms with Crippen molar-refractivity contribution in [2.24, 2.45) is 11.1 Å². The van der Waals surface area contributed by atoms with E-state index in [0.29, 0.717) is 29.1 Å². The van der Waals surface area contributed by atoms with Crippen LogP contribution in [0.25, 0.3) is 5.69 Å². The summed E-state index contributed by atoms with van der Waals surface area (Å²) in [7, 11) is -3.46. The first-order valence-electron chi connectivity index (χ1n) is 15.2. The van der Waals surface area contributed by atoms with Gasteiger partial charge in [-0.1, -0.05) is 13.8 Å². The summed E-state index contributed by atoms with van der Waals surface area (Å²) in [6.07, 6.45) is 9.16. The summed E-state index contributed by atoms with van der Waals surface area (Å²) in [5.74, 6) is -1.40. The van der Waals surface area contributed by atoms with Gasteiger partial charge in [0.2, 0.25) is 0 Å². The first-order chi connectivity index (χ1) is 19.5. The van der Waals surface area contributed by atoms with Crippen molar-refractivity contribution in [1.82, 2.24) is 9.47 Å². The van der Waals surface area contributed by atoms with Crippen LogP contribution in [0.3, 0.4) is 0 Å². The molecule has 4 aliphatic rings. The molecule has 1 amide bonds. The van der Waals surface area contributed by atoms with E-state index in [1.165, 1.54) is 32.0 Å². The summed E-state index contributed by atoms with van der Waals surface area (Å²) < 4.78 is 50.6. The van der Waals surface area contributed by atoms with Crippen molar-refractivity contribution in [1.29, 1.82) is 0 Å². The van der Waals surface area contributed by atoms with Crippen molar-refractivity contribution < 1.29 is 22.3 Å². The highest BCUT2D eigenvalue weighted by Crippen LogP contribution is 2.45. The molecule has 41 heavy (non-hydrogen) atoms. The molecule has 0 atom stereocenters. The van der Waals surface area contributed by atoms with Crippen molar-refractivity contribution in [3.05, 3.63) is 40.5 Å². The zero-order valence-electron chi connectivity index (χ0n) is 24.3. The van der Waals surface area contributed by atoms with Gasteiger partial charge >= 0.3 is 0 Å². The molecule has 0 unspecified atom stereocenters. The van der Waals surface area contributed by atoms with Crippen LogP contribution in [0.4, 0.5) is 10.1 Å². The Balaban J connectivity index is 1.26. The van der Waals surface area contributed by atoms with E-state index < -0.39 is 27.0 Å². The van der Waals surface area contributed by atoms with Crippen LogP contribution in [0.5, 0.6) is 0 Å². The average molecular weight is 587 g/mol. The van der Waals surface area contributed by atoms with E-state index in [2.05, 4.69) is 10.2 Å². The number of halogens is 1. The van der Waals surface area contributed by atoms with E-state index in [4.69, 9.17) is 10.5 Å². The Labute approximate surface area is 242 Å². The smallest absolute Gasteiger partial charge is 0.253 e. The van der Waals surface area contributed by atoms with Gasteiger partial charge in [-0.05, 0) is 100 Å². The molecule has 1 saturated heterocycles. The molecule has 6 rings (SSSR count). The number of nitrogens with zero attached hydrogens (tertiary/aromatic N) is 2. The highest BCUT2D eigenvalue weighted by Gasteiger charge is 2.42. The minimum atomic E-state index is -3.46. The van der Waals surface area contributed by atoms with Gasteiger partial charge in [0.1, 0.15) is 5.82 Å². The van der Waals surface area contributed by atoms with Crippen LogP contribution >= 0.6 is 0 Å². The van der Waals surface area contributed by atoms with Gasteiger partial charge in [0.15, 0.2) is 9.84 Å². The number of carbonyl (C=O) groups is 1. The fraction of sp³-hybridized carbons (Fsp3) is 0.645. The Hall–Kier alpha value is -2.43. The summed E-state index contributed by atoms with van der Waals surface area (Å²) in [4.78, 5) is 15.3. The van der Waals surface area contributed by atoms with E-state index in [9.17, 15) is 13.2 Å². The molecule has 0 spiro atoms. The first kappa shape index (κ1) is 28.7. The maximum Gasteiger partial charge on any atom is 0.253 e. The van der Waals surface area contributed by atoms with Crippen LogP contribution < -0.4 is 11.1 Å². The van der Waals surface area contributed by atoms with Gasteiger partial charge in [0.05, 0.1) is 40.3 Å². The largest absolute Gasteiger partial charge is 0.382 e. The number of ether oxygens (including phenoxy) is 1. The molecule has 2 aromatic rings. The molecule has 0 bridgehead atoms. The number of rotatable bonds is 8. The third kappa shape index (κ3) is 5.67. The number of likely N-dealkylation sites (tertiary alicyclic amines) is 1. The lowest BCUT2D eigenvalue weighted by Crippen LogP contribution is -2.33. The number of primary amides is 1. The van der Waals surface area contributed by atoms with Crippen molar-refractivity contribution in [2.45, 2.75) is 95.1 Å². The summed E-state index contributed by atoms with van der Waals surface area (Å²) in [6.45, 7) is 8.00. The van der Waals surface area contributed by atoms with Gasteiger partial charge < -0.3 is 25.3 Å². The molecule has 3 N–H and O–H groups in total. The molecule has 10 heteroatoms. The summed E-state index contributed by atoms with van der Waals surface area (Å²) in [6, 6.07) is 3.18. The van der Waals surface area contributed by atoms with Crippen LogP contribution in [-0.4, -0.2) is 67.9 Å². The lowest BCUT2D eigenvalue weighted by Gasteiger charge is -2.32. The molecular weight excluding hydrogens is 543 g/mol. The number of anilines is 1. The summed E-state index contributed by atoms with van der Waals surface area (Å²) in [5, 5.41) is 3.44. The number of fused-ring (bicyclic) bond motifs is 3. The Bertz CT molecular complexity index is 1440. The number of amides is 1. The predicted octanol–water partition coefficient (Wildman–Crippen LogP) is 4.40. The van der Waals surface area contributed by atoms with Gasteiger partial charge in [-0.15, -0.1) is 0 Å². The number of nitrogens with two attached hydrogens (primary N) is 1. The lowest BCUT2D eigenvalue weighted by molar-refractivity contribution is 0.0170. The van der Waals surface area contributed by atoms with Gasteiger partial charge in [-0.25, -0.2) is 12.8 Å². The summed E-state index contributed by atoms with van der Waals surface area (Å²) in [5.41, 5.74) is 8.55. The number of benzene rings is 1. The number of sulfone groups is 1. The molecule has 1 saturated carbocycles. The number of aromatic nitrogens is 1. The molecule has 2 aliphatic heterocycles. The predicted molar refractivity (Wildman–Crippen MR) is 157 cm³/mol. The van der Waals surface area contributed by atoms with E-state index in [-0.39, 0.29) is 23.5 Å². The van der Waals surface area contributed by atoms with E-state index in [0.717, 1.165) is 68.6 Å². The third-order valence-electron chi connectivity index (χ3n) is 9.38. The average Bonchev–Trinajstić information content (AvgIpc) is 3.61. The monoisotopic (exact) mass is 586 g/mol. The lowest BCUT2D eigenvalue weighted by atomic mass is 9.89. The van der Waals surface area contributed by atoms with Crippen LogP contribution in [0.15, 0.2) is 17.0 Å². The summed E-state index contributed by atoms with van der Waals surface area (Å²) >= 11 is 0. The van der Waals surface area contributed by atoms with Gasteiger partial charge in [-0.2, -0.15) is 0 Å².